The second-order valence-electron chi connectivity index (χ2n) is 4.95. The second-order valence-corrected chi connectivity index (χ2v) is 4.95. The van der Waals surface area contributed by atoms with E-state index in [2.05, 4.69) is 0 Å². The minimum absolute atomic E-state index is 0.0299. The lowest BCUT2D eigenvalue weighted by molar-refractivity contribution is -0.133. The number of nitrogens with zero attached hydrogens (tertiary/aromatic N) is 1. The van der Waals surface area contributed by atoms with Gasteiger partial charge in [0.25, 0.3) is 0 Å². The average molecular weight is 268 g/mol. The van der Waals surface area contributed by atoms with Crippen LogP contribution >= 0.6 is 0 Å². The van der Waals surface area contributed by atoms with Crippen LogP contribution in [0.5, 0.6) is 0 Å². The molecule has 0 fully saturated rings. The van der Waals surface area contributed by atoms with Gasteiger partial charge >= 0.3 is 0 Å². The van der Waals surface area contributed by atoms with E-state index in [-0.39, 0.29) is 5.91 Å². The summed E-state index contributed by atoms with van der Waals surface area (Å²) in [6.45, 7) is 2.89. The standard InChI is InChI=1S/C17H20N2O/c1-14(18)17(20)19(12-15-8-4-2-5-9-15)13-16-10-6-3-7-11-16/h2-11,14H,12-13,18H2,1H3/t14-/m1/s1. The van der Waals surface area contributed by atoms with E-state index in [1.54, 1.807) is 11.8 Å². The van der Waals surface area contributed by atoms with Crippen LogP contribution in [0, 0.1) is 0 Å². The van der Waals surface area contributed by atoms with Gasteiger partial charge < -0.3 is 10.6 Å². The molecule has 3 heteroatoms. The maximum absolute atomic E-state index is 12.3. The molecule has 2 rings (SSSR count). The van der Waals surface area contributed by atoms with Gasteiger partial charge in [-0.15, -0.1) is 0 Å². The van der Waals surface area contributed by atoms with Gasteiger partial charge in [-0.1, -0.05) is 60.7 Å². The Balaban J connectivity index is 2.15. The Hall–Kier alpha value is -2.13. The summed E-state index contributed by atoms with van der Waals surface area (Å²) in [6, 6.07) is 19.5. The minimum atomic E-state index is -0.484. The fourth-order valence-electron chi connectivity index (χ4n) is 2.11. The molecule has 2 aromatic rings. The van der Waals surface area contributed by atoms with Crippen molar-refractivity contribution in [1.29, 1.82) is 0 Å². The van der Waals surface area contributed by atoms with Crippen molar-refractivity contribution in [2.75, 3.05) is 0 Å². The summed E-state index contributed by atoms with van der Waals surface area (Å²) in [7, 11) is 0. The van der Waals surface area contributed by atoms with Crippen molar-refractivity contribution in [3.05, 3.63) is 71.8 Å². The Labute approximate surface area is 120 Å². The molecular weight excluding hydrogens is 248 g/mol. The Morgan fingerprint density at radius 2 is 1.35 bits per heavy atom. The highest BCUT2D eigenvalue weighted by Gasteiger charge is 2.17. The van der Waals surface area contributed by atoms with E-state index in [1.807, 2.05) is 60.7 Å². The van der Waals surface area contributed by atoms with E-state index in [1.165, 1.54) is 0 Å². The summed E-state index contributed by atoms with van der Waals surface area (Å²) < 4.78 is 0. The number of carbonyl (C=O) groups is 1. The topological polar surface area (TPSA) is 46.3 Å². The fraction of sp³-hybridized carbons (Fsp3) is 0.235. The van der Waals surface area contributed by atoms with Crippen LogP contribution in [0.4, 0.5) is 0 Å². The largest absolute Gasteiger partial charge is 0.333 e. The first-order chi connectivity index (χ1) is 9.66. The molecule has 3 nitrogen and oxygen atoms in total. The molecule has 0 bridgehead atoms. The van der Waals surface area contributed by atoms with Gasteiger partial charge in [0.1, 0.15) is 0 Å². The zero-order valence-corrected chi connectivity index (χ0v) is 11.7. The molecule has 0 aliphatic carbocycles. The molecule has 0 saturated carbocycles. The van der Waals surface area contributed by atoms with Crippen molar-refractivity contribution in [2.45, 2.75) is 26.1 Å². The molecule has 2 aromatic carbocycles. The Morgan fingerprint density at radius 3 is 1.70 bits per heavy atom. The van der Waals surface area contributed by atoms with Crippen LogP contribution in [-0.4, -0.2) is 16.8 Å². The SMILES string of the molecule is C[C@@H](N)C(=O)N(Cc1ccccc1)Cc1ccccc1. The predicted octanol–water partition coefficient (Wildman–Crippen LogP) is 2.56. The number of hydrogen-bond acceptors (Lipinski definition) is 2. The van der Waals surface area contributed by atoms with Gasteiger partial charge in [0.2, 0.25) is 5.91 Å². The number of carbonyl (C=O) groups excluding carboxylic acids is 1. The monoisotopic (exact) mass is 268 g/mol. The molecule has 1 amide bonds. The molecule has 0 aromatic heterocycles. The van der Waals surface area contributed by atoms with Crippen molar-refractivity contribution in [3.8, 4) is 0 Å². The maximum atomic E-state index is 12.3. The highest BCUT2D eigenvalue weighted by atomic mass is 16.2. The molecule has 0 radical (unpaired) electrons. The highest BCUT2D eigenvalue weighted by molar-refractivity contribution is 5.81. The molecule has 20 heavy (non-hydrogen) atoms. The quantitative estimate of drug-likeness (QED) is 0.906. The fourth-order valence-corrected chi connectivity index (χ4v) is 2.11. The van der Waals surface area contributed by atoms with Gasteiger partial charge in [-0.05, 0) is 18.1 Å². The van der Waals surface area contributed by atoms with E-state index >= 15 is 0 Å². The molecule has 0 unspecified atom stereocenters. The summed E-state index contributed by atoms with van der Waals surface area (Å²) in [5.41, 5.74) is 7.97. The maximum Gasteiger partial charge on any atom is 0.239 e. The Kier molecular flexibility index (Phi) is 4.91. The first-order valence-electron chi connectivity index (χ1n) is 6.79. The van der Waals surface area contributed by atoms with E-state index in [9.17, 15) is 4.79 Å². The van der Waals surface area contributed by atoms with E-state index in [4.69, 9.17) is 5.73 Å². The van der Waals surface area contributed by atoms with Crippen LogP contribution in [0.3, 0.4) is 0 Å². The highest BCUT2D eigenvalue weighted by Crippen LogP contribution is 2.11. The number of benzene rings is 2. The summed E-state index contributed by atoms with van der Waals surface area (Å²) in [6.07, 6.45) is 0. The average Bonchev–Trinajstić information content (AvgIpc) is 2.48. The van der Waals surface area contributed by atoms with E-state index < -0.39 is 6.04 Å². The molecule has 0 aliphatic rings. The van der Waals surface area contributed by atoms with Gasteiger partial charge in [-0.2, -0.15) is 0 Å². The second kappa shape index (κ2) is 6.87. The molecule has 0 aliphatic heterocycles. The third kappa shape index (κ3) is 3.93. The summed E-state index contributed by atoms with van der Waals surface area (Å²) in [5, 5.41) is 0. The van der Waals surface area contributed by atoms with Gasteiger partial charge in [0.15, 0.2) is 0 Å². The minimum Gasteiger partial charge on any atom is -0.333 e. The number of rotatable bonds is 5. The molecule has 0 heterocycles. The summed E-state index contributed by atoms with van der Waals surface area (Å²) >= 11 is 0. The molecular formula is C17H20N2O. The molecule has 1 atom stereocenters. The summed E-state index contributed by atoms with van der Waals surface area (Å²) in [4.78, 5) is 14.1. The predicted molar refractivity (Wildman–Crippen MR) is 80.8 cm³/mol. The van der Waals surface area contributed by atoms with Crippen LogP contribution in [0.1, 0.15) is 18.1 Å². The van der Waals surface area contributed by atoms with Crippen LogP contribution in [-0.2, 0) is 17.9 Å². The van der Waals surface area contributed by atoms with E-state index in [0.29, 0.717) is 13.1 Å². The Morgan fingerprint density at radius 1 is 0.950 bits per heavy atom. The first kappa shape index (κ1) is 14.3. The van der Waals surface area contributed by atoms with Crippen LogP contribution in [0.2, 0.25) is 0 Å². The van der Waals surface area contributed by atoms with Crippen molar-refractivity contribution < 1.29 is 4.79 Å². The summed E-state index contributed by atoms with van der Waals surface area (Å²) in [5.74, 6) is -0.0299. The third-order valence-electron chi connectivity index (χ3n) is 3.13. The molecule has 104 valence electrons. The lowest BCUT2D eigenvalue weighted by atomic mass is 10.1. The van der Waals surface area contributed by atoms with Crippen molar-refractivity contribution in [1.82, 2.24) is 4.90 Å². The van der Waals surface area contributed by atoms with Crippen molar-refractivity contribution in [2.24, 2.45) is 5.73 Å². The van der Waals surface area contributed by atoms with Gasteiger partial charge in [0, 0.05) is 13.1 Å². The first-order valence-corrected chi connectivity index (χ1v) is 6.79. The Bertz CT molecular complexity index is 496. The zero-order valence-electron chi connectivity index (χ0n) is 11.7. The lowest BCUT2D eigenvalue weighted by Crippen LogP contribution is -2.41. The number of hydrogen-bond donors (Lipinski definition) is 1. The van der Waals surface area contributed by atoms with E-state index in [0.717, 1.165) is 11.1 Å². The van der Waals surface area contributed by atoms with Gasteiger partial charge in [-0.25, -0.2) is 0 Å². The van der Waals surface area contributed by atoms with Crippen LogP contribution in [0.25, 0.3) is 0 Å². The normalized spacial score (nSPS) is 11.9. The lowest BCUT2D eigenvalue weighted by Gasteiger charge is -2.24. The smallest absolute Gasteiger partial charge is 0.239 e. The third-order valence-corrected chi connectivity index (χ3v) is 3.13. The molecule has 2 N–H and O–H groups in total. The van der Waals surface area contributed by atoms with Gasteiger partial charge in [0.05, 0.1) is 6.04 Å². The number of amides is 1. The van der Waals surface area contributed by atoms with Gasteiger partial charge in [-0.3, -0.25) is 4.79 Å². The van der Waals surface area contributed by atoms with Crippen LogP contribution < -0.4 is 5.73 Å². The molecule has 0 spiro atoms. The van der Waals surface area contributed by atoms with Crippen molar-refractivity contribution >= 4 is 5.91 Å². The molecule has 0 saturated heterocycles. The number of nitrogens with two attached hydrogens (primary N) is 1. The zero-order chi connectivity index (χ0) is 14.4. The van der Waals surface area contributed by atoms with Crippen molar-refractivity contribution in [3.63, 3.8) is 0 Å². The van der Waals surface area contributed by atoms with Crippen LogP contribution in [0.15, 0.2) is 60.7 Å².